The highest BCUT2D eigenvalue weighted by atomic mass is 16.6. The van der Waals surface area contributed by atoms with Crippen LogP contribution < -0.4 is 5.56 Å². The smallest absolute Gasteiger partial charge is 0.270 e. The zero-order valence-corrected chi connectivity index (χ0v) is 13.2. The van der Waals surface area contributed by atoms with E-state index in [2.05, 4.69) is 15.1 Å². The Bertz CT molecular complexity index is 960. The Morgan fingerprint density at radius 2 is 2.17 bits per heavy atom. The first-order valence-electron chi connectivity index (χ1n) is 7.39. The first-order valence-corrected chi connectivity index (χ1v) is 7.39. The Kier molecular flexibility index (Phi) is 4.07. The van der Waals surface area contributed by atoms with Crippen LogP contribution in [0.2, 0.25) is 0 Å². The van der Waals surface area contributed by atoms with Gasteiger partial charge in [0.05, 0.1) is 22.2 Å². The fraction of sp³-hybridized carbons (Fsp3) is 0.333. The van der Waals surface area contributed by atoms with Crippen molar-refractivity contribution >= 4 is 16.6 Å². The molecule has 0 N–H and O–H groups in total. The number of nitro benzene ring substituents is 1. The predicted octanol–water partition coefficient (Wildman–Crippen LogP) is 1.93. The molecular weight excluding hydrogens is 314 g/mol. The maximum absolute atomic E-state index is 12.5. The third-order valence-electron chi connectivity index (χ3n) is 3.43. The summed E-state index contributed by atoms with van der Waals surface area (Å²) in [4.78, 5) is 31.2. The summed E-state index contributed by atoms with van der Waals surface area (Å²) in [7, 11) is 0. The minimum atomic E-state index is -0.549. The number of nitrogens with zero attached hydrogens (tertiary/aromatic N) is 5. The molecule has 0 saturated carbocycles. The molecule has 0 aliphatic rings. The molecule has 0 aliphatic carbocycles. The summed E-state index contributed by atoms with van der Waals surface area (Å²) in [5, 5.41) is 14.9. The second-order valence-corrected chi connectivity index (χ2v) is 5.84. The van der Waals surface area contributed by atoms with Crippen molar-refractivity contribution in [1.29, 1.82) is 0 Å². The van der Waals surface area contributed by atoms with Crippen LogP contribution in [0.15, 0.2) is 33.8 Å². The molecule has 0 saturated heterocycles. The zero-order valence-electron chi connectivity index (χ0n) is 13.2. The third kappa shape index (κ3) is 3.14. The maximum atomic E-state index is 12.5. The maximum Gasteiger partial charge on any atom is 0.270 e. The van der Waals surface area contributed by atoms with E-state index in [1.807, 2.05) is 13.8 Å². The Labute approximate surface area is 136 Å². The van der Waals surface area contributed by atoms with Crippen molar-refractivity contribution in [2.24, 2.45) is 5.92 Å². The Morgan fingerprint density at radius 1 is 1.38 bits per heavy atom. The Balaban J connectivity index is 1.95. The number of hydrogen-bond acceptors (Lipinski definition) is 7. The fourth-order valence-corrected chi connectivity index (χ4v) is 2.32. The highest BCUT2D eigenvalue weighted by Crippen LogP contribution is 2.16. The molecule has 9 heteroatoms. The predicted molar refractivity (Wildman–Crippen MR) is 84.6 cm³/mol. The second-order valence-electron chi connectivity index (χ2n) is 5.84. The van der Waals surface area contributed by atoms with E-state index in [1.165, 1.54) is 29.1 Å². The van der Waals surface area contributed by atoms with Gasteiger partial charge in [-0.25, -0.2) is 4.98 Å². The van der Waals surface area contributed by atoms with Crippen molar-refractivity contribution in [1.82, 2.24) is 19.7 Å². The average Bonchev–Trinajstić information content (AvgIpc) is 2.96. The number of nitro groups is 1. The van der Waals surface area contributed by atoms with E-state index in [-0.39, 0.29) is 17.6 Å². The number of benzene rings is 1. The number of aromatic nitrogens is 4. The van der Waals surface area contributed by atoms with Gasteiger partial charge in [0.15, 0.2) is 5.82 Å². The highest BCUT2D eigenvalue weighted by Gasteiger charge is 2.13. The van der Waals surface area contributed by atoms with E-state index >= 15 is 0 Å². The molecule has 0 atom stereocenters. The van der Waals surface area contributed by atoms with Gasteiger partial charge in [-0.1, -0.05) is 19.0 Å². The van der Waals surface area contributed by atoms with Crippen LogP contribution in [0.1, 0.15) is 25.6 Å². The highest BCUT2D eigenvalue weighted by molar-refractivity contribution is 5.79. The molecule has 0 unspecified atom stereocenters. The molecule has 3 rings (SSSR count). The number of fused-ring (bicyclic) bond motifs is 1. The summed E-state index contributed by atoms with van der Waals surface area (Å²) >= 11 is 0. The monoisotopic (exact) mass is 329 g/mol. The van der Waals surface area contributed by atoms with Crippen LogP contribution in [0.4, 0.5) is 5.69 Å². The Morgan fingerprint density at radius 3 is 2.88 bits per heavy atom. The van der Waals surface area contributed by atoms with E-state index < -0.39 is 10.5 Å². The third-order valence-corrected chi connectivity index (χ3v) is 3.43. The van der Waals surface area contributed by atoms with Gasteiger partial charge in [0, 0.05) is 18.6 Å². The standard InChI is InChI=1S/C15H15N5O4/c1-9(2)5-13-17-14(24-18-13)7-19-8-16-12-4-3-10(20(22)23)6-11(12)15(19)21/h3-4,6,8-9H,5,7H2,1-2H3. The van der Waals surface area contributed by atoms with Gasteiger partial charge in [-0.15, -0.1) is 0 Å². The molecule has 1 aromatic carbocycles. The fourth-order valence-electron chi connectivity index (χ4n) is 2.32. The van der Waals surface area contributed by atoms with Gasteiger partial charge in [0.2, 0.25) is 5.89 Å². The van der Waals surface area contributed by atoms with Gasteiger partial charge in [-0.05, 0) is 12.0 Å². The number of rotatable bonds is 5. The van der Waals surface area contributed by atoms with Crippen LogP contribution >= 0.6 is 0 Å². The van der Waals surface area contributed by atoms with Crippen molar-refractivity contribution < 1.29 is 9.45 Å². The summed E-state index contributed by atoms with van der Waals surface area (Å²) in [6, 6.07) is 3.99. The summed E-state index contributed by atoms with van der Waals surface area (Å²) in [6.07, 6.45) is 2.05. The molecule has 3 aromatic rings. The van der Waals surface area contributed by atoms with Gasteiger partial charge in [-0.2, -0.15) is 4.98 Å². The summed E-state index contributed by atoms with van der Waals surface area (Å²) in [6.45, 7) is 4.15. The van der Waals surface area contributed by atoms with E-state index in [9.17, 15) is 14.9 Å². The normalized spacial score (nSPS) is 11.3. The molecule has 0 spiro atoms. The molecule has 0 amide bonds. The van der Waals surface area contributed by atoms with Crippen LogP contribution in [0.3, 0.4) is 0 Å². The lowest BCUT2D eigenvalue weighted by Gasteiger charge is -2.03. The topological polar surface area (TPSA) is 117 Å². The van der Waals surface area contributed by atoms with Crippen molar-refractivity contribution in [2.75, 3.05) is 0 Å². The summed E-state index contributed by atoms with van der Waals surface area (Å²) in [5.74, 6) is 1.26. The van der Waals surface area contributed by atoms with E-state index in [0.717, 1.165) is 0 Å². The zero-order chi connectivity index (χ0) is 17.3. The van der Waals surface area contributed by atoms with Crippen LogP contribution in [-0.4, -0.2) is 24.6 Å². The van der Waals surface area contributed by atoms with Crippen LogP contribution in [0, 0.1) is 16.0 Å². The van der Waals surface area contributed by atoms with Crippen LogP contribution in [0.25, 0.3) is 10.9 Å². The molecule has 0 bridgehead atoms. The largest absolute Gasteiger partial charge is 0.337 e. The van der Waals surface area contributed by atoms with Crippen molar-refractivity contribution in [3.63, 3.8) is 0 Å². The molecule has 0 aliphatic heterocycles. The number of hydrogen-bond donors (Lipinski definition) is 0. The van der Waals surface area contributed by atoms with Crippen molar-refractivity contribution in [3.05, 3.63) is 56.7 Å². The van der Waals surface area contributed by atoms with Gasteiger partial charge < -0.3 is 4.52 Å². The average molecular weight is 329 g/mol. The lowest BCUT2D eigenvalue weighted by molar-refractivity contribution is -0.384. The molecule has 124 valence electrons. The lowest BCUT2D eigenvalue weighted by Crippen LogP contribution is -2.21. The molecule has 2 heterocycles. The van der Waals surface area contributed by atoms with E-state index in [4.69, 9.17) is 4.52 Å². The summed E-state index contributed by atoms with van der Waals surface area (Å²) < 4.78 is 6.43. The Hall–Kier alpha value is -3.10. The first kappa shape index (κ1) is 15.8. The molecule has 9 nitrogen and oxygen atoms in total. The van der Waals surface area contributed by atoms with Gasteiger partial charge in [0.25, 0.3) is 11.2 Å². The van der Waals surface area contributed by atoms with Crippen LogP contribution in [-0.2, 0) is 13.0 Å². The molecule has 0 fully saturated rings. The molecule has 2 aromatic heterocycles. The molecule has 0 radical (unpaired) electrons. The van der Waals surface area contributed by atoms with E-state index in [1.54, 1.807) is 0 Å². The SMILES string of the molecule is CC(C)Cc1noc(Cn2cnc3ccc([N+](=O)[O-])cc3c2=O)n1. The van der Waals surface area contributed by atoms with Gasteiger partial charge in [0.1, 0.15) is 6.54 Å². The van der Waals surface area contributed by atoms with Gasteiger partial charge in [-0.3, -0.25) is 19.5 Å². The van der Waals surface area contributed by atoms with Crippen LogP contribution in [0.5, 0.6) is 0 Å². The van der Waals surface area contributed by atoms with Crippen molar-refractivity contribution in [3.8, 4) is 0 Å². The molecule has 24 heavy (non-hydrogen) atoms. The quantitative estimate of drug-likeness (QED) is 0.518. The molecular formula is C15H15N5O4. The van der Waals surface area contributed by atoms with E-state index in [0.29, 0.717) is 29.6 Å². The van der Waals surface area contributed by atoms with Gasteiger partial charge >= 0.3 is 0 Å². The second kappa shape index (κ2) is 6.19. The minimum Gasteiger partial charge on any atom is -0.337 e. The van der Waals surface area contributed by atoms with Crippen molar-refractivity contribution in [2.45, 2.75) is 26.8 Å². The number of non-ortho nitro benzene ring substituents is 1. The first-order chi connectivity index (χ1) is 11.4. The summed E-state index contributed by atoms with van der Waals surface area (Å²) in [5.41, 5.74) is -0.156. The minimum absolute atomic E-state index is 0.0650. The lowest BCUT2D eigenvalue weighted by atomic mass is 10.1.